The van der Waals surface area contributed by atoms with Gasteiger partial charge in [0.1, 0.15) is 24.2 Å². The summed E-state index contributed by atoms with van der Waals surface area (Å²) in [5.41, 5.74) is 1.76. The third kappa shape index (κ3) is 7.20. The topological polar surface area (TPSA) is 115 Å². The van der Waals surface area contributed by atoms with Crippen LogP contribution in [0.5, 0.6) is 5.75 Å². The molecule has 2 heterocycles. The predicted octanol–water partition coefficient (Wildman–Crippen LogP) is 2.39. The van der Waals surface area contributed by atoms with E-state index in [1.807, 2.05) is 12.1 Å². The van der Waals surface area contributed by atoms with E-state index in [1.54, 1.807) is 25.1 Å². The smallest absolute Gasteiger partial charge is 0.254 e. The number of benzene rings is 2. The van der Waals surface area contributed by atoms with E-state index in [1.165, 1.54) is 29.2 Å². The molecule has 1 saturated carbocycles. The summed E-state index contributed by atoms with van der Waals surface area (Å²) in [5.74, 6) is -0.991. The molecule has 0 bridgehead atoms. The number of anilines is 1. The molecule has 0 aromatic heterocycles. The van der Waals surface area contributed by atoms with Crippen molar-refractivity contribution in [3.63, 3.8) is 0 Å². The van der Waals surface area contributed by atoms with E-state index in [9.17, 15) is 23.6 Å². The van der Waals surface area contributed by atoms with Crippen molar-refractivity contribution in [3.05, 3.63) is 58.9 Å². The van der Waals surface area contributed by atoms with Crippen LogP contribution in [-0.4, -0.2) is 97.3 Å². The van der Waals surface area contributed by atoms with E-state index in [4.69, 9.17) is 4.74 Å². The maximum atomic E-state index is 14.3. The lowest BCUT2D eigenvalue weighted by Crippen LogP contribution is -2.81. The molecule has 5 rings (SSSR count). The predicted molar refractivity (Wildman–Crippen MR) is 162 cm³/mol. The largest absolute Gasteiger partial charge is 0.484 e. The number of hydrogen-bond acceptors (Lipinski definition) is 6. The van der Waals surface area contributed by atoms with Crippen LogP contribution in [0.2, 0.25) is 0 Å². The monoisotopic (exact) mass is 607 g/mol. The van der Waals surface area contributed by atoms with E-state index in [0.29, 0.717) is 11.5 Å². The number of likely N-dealkylation sites (N-methyl/N-ethyl adjacent to an activating group) is 1. The molecule has 2 saturated heterocycles. The minimum atomic E-state index is -0.919. The lowest BCUT2D eigenvalue weighted by atomic mass is 9.83. The van der Waals surface area contributed by atoms with E-state index in [0.717, 1.165) is 68.6 Å². The molecular weight excluding hydrogens is 565 g/mol. The number of nitrogens with zero attached hydrogens (tertiary/aromatic N) is 3. The average Bonchev–Trinajstić information content (AvgIpc) is 3.53. The summed E-state index contributed by atoms with van der Waals surface area (Å²) in [6, 6.07) is 8.34. The molecule has 10 nitrogen and oxygen atoms in total. The maximum absolute atomic E-state index is 14.3. The summed E-state index contributed by atoms with van der Waals surface area (Å²) in [7, 11) is 3.23. The summed E-state index contributed by atoms with van der Waals surface area (Å²) in [5, 5.41) is 5.84. The molecule has 235 valence electrons. The Kier molecular flexibility index (Phi) is 9.83. The quantitative estimate of drug-likeness (QED) is 0.502. The van der Waals surface area contributed by atoms with Crippen LogP contribution in [-0.2, 0) is 9.59 Å². The molecule has 3 aliphatic rings. The molecule has 0 spiro atoms. The molecule has 2 N–H and O–H groups in total. The summed E-state index contributed by atoms with van der Waals surface area (Å²) < 4.78 is 20.7. The van der Waals surface area contributed by atoms with Crippen LogP contribution in [0.15, 0.2) is 36.4 Å². The number of carbonyl (C=O) groups excluding carboxylic acids is 4. The molecule has 11 heteroatoms. The lowest BCUT2D eigenvalue weighted by molar-refractivity contribution is -0.638. The first-order valence-corrected chi connectivity index (χ1v) is 15.5. The average molecular weight is 608 g/mol. The van der Waals surface area contributed by atoms with Gasteiger partial charge in [0.2, 0.25) is 11.8 Å². The third-order valence-electron chi connectivity index (χ3n) is 8.73. The van der Waals surface area contributed by atoms with Gasteiger partial charge < -0.3 is 24.8 Å². The number of carbonyl (C=O) groups is 4. The number of amides is 4. The van der Waals surface area contributed by atoms with Gasteiger partial charge in [-0.1, -0.05) is 19.3 Å². The molecule has 1 radical (unpaired) electrons. The Morgan fingerprint density at radius 1 is 0.955 bits per heavy atom. The van der Waals surface area contributed by atoms with Crippen molar-refractivity contribution < 1.29 is 33.6 Å². The number of rotatable bonds is 7. The third-order valence-corrected chi connectivity index (χ3v) is 8.73. The highest BCUT2D eigenvalue weighted by atomic mass is 19.1. The fourth-order valence-corrected chi connectivity index (χ4v) is 6.49. The maximum Gasteiger partial charge on any atom is 0.254 e. The first-order valence-electron chi connectivity index (χ1n) is 15.5. The lowest BCUT2D eigenvalue weighted by Gasteiger charge is -2.41. The molecule has 2 aliphatic heterocycles. The number of hydrogen-bond donors (Lipinski definition) is 2. The van der Waals surface area contributed by atoms with Gasteiger partial charge in [0, 0.05) is 57.3 Å². The van der Waals surface area contributed by atoms with Gasteiger partial charge in [0.15, 0.2) is 12.6 Å². The number of nitrogens with one attached hydrogen (secondary N) is 2. The van der Waals surface area contributed by atoms with Crippen LogP contribution in [0, 0.1) is 5.82 Å². The fourth-order valence-electron chi connectivity index (χ4n) is 6.49. The molecule has 1 aliphatic carbocycles. The fraction of sp³-hybridized carbons (Fsp3) is 0.515. The van der Waals surface area contributed by atoms with Crippen molar-refractivity contribution in [2.24, 2.45) is 0 Å². The van der Waals surface area contributed by atoms with Crippen LogP contribution >= 0.6 is 0 Å². The number of halogens is 1. The first kappa shape index (κ1) is 31.4. The molecule has 3 fully saturated rings. The second-order valence-electron chi connectivity index (χ2n) is 12.2. The van der Waals surface area contributed by atoms with Crippen molar-refractivity contribution in [3.8, 4) is 5.75 Å². The summed E-state index contributed by atoms with van der Waals surface area (Å²) in [6.07, 6.45) is 6.61. The molecule has 4 amide bonds. The second-order valence-corrected chi connectivity index (χ2v) is 12.2. The van der Waals surface area contributed by atoms with Crippen LogP contribution in [0.3, 0.4) is 0 Å². The van der Waals surface area contributed by atoms with E-state index >= 15 is 0 Å². The van der Waals surface area contributed by atoms with Crippen LogP contribution < -0.4 is 15.4 Å². The molecular formula is C33H42FN5O5+. The minimum Gasteiger partial charge on any atom is -0.484 e. The second kappa shape index (κ2) is 13.8. The highest BCUT2D eigenvalue weighted by Crippen LogP contribution is 2.39. The summed E-state index contributed by atoms with van der Waals surface area (Å²) in [6.45, 7) is 3.27. The number of piperazine rings is 1. The first-order chi connectivity index (χ1) is 21.1. The van der Waals surface area contributed by atoms with Crippen molar-refractivity contribution in [2.45, 2.75) is 63.5 Å². The Morgan fingerprint density at radius 3 is 2.41 bits per heavy atom. The van der Waals surface area contributed by atoms with Gasteiger partial charge in [-0.05, 0) is 60.7 Å². The van der Waals surface area contributed by atoms with Gasteiger partial charge in [0.25, 0.3) is 11.8 Å². The Hall–Kier alpha value is -3.99. The Bertz CT molecular complexity index is 1400. The Morgan fingerprint density at radius 2 is 1.73 bits per heavy atom. The van der Waals surface area contributed by atoms with Crippen molar-refractivity contribution in [1.82, 2.24) is 14.7 Å². The highest BCUT2D eigenvalue weighted by molar-refractivity contribution is 6.00. The van der Waals surface area contributed by atoms with Crippen LogP contribution in [0.25, 0.3) is 0 Å². The van der Waals surface area contributed by atoms with Crippen molar-refractivity contribution in [1.29, 1.82) is 0 Å². The van der Waals surface area contributed by atoms with Gasteiger partial charge in [0.05, 0.1) is 6.54 Å². The zero-order chi connectivity index (χ0) is 31.4. The zero-order valence-corrected chi connectivity index (χ0v) is 25.7. The summed E-state index contributed by atoms with van der Waals surface area (Å²) in [4.78, 5) is 56.9. The van der Waals surface area contributed by atoms with Gasteiger partial charge in [-0.3, -0.25) is 19.2 Å². The summed E-state index contributed by atoms with van der Waals surface area (Å²) >= 11 is 0. The van der Waals surface area contributed by atoms with Crippen molar-refractivity contribution in [2.75, 3.05) is 52.1 Å². The minimum absolute atomic E-state index is 0.0427. The SMILES string of the molecule is CC(=O)Nc1cc(F)cc(C(=O)N2CCN(C(=O)c3ccc(O[C@H]4CC[NH+]C4)c(C4CCCCC4)c3)C(C(=O)N(C)C)C2)c1. The normalized spacial score (nSPS) is 20.7. The van der Waals surface area contributed by atoms with Gasteiger partial charge in [-0.15, -0.1) is 0 Å². The molecule has 1 unspecified atom stereocenters. The molecule has 2 aromatic rings. The van der Waals surface area contributed by atoms with E-state index in [2.05, 4.69) is 10.6 Å². The molecule has 2 atom stereocenters. The highest BCUT2D eigenvalue weighted by Gasteiger charge is 2.39. The van der Waals surface area contributed by atoms with Crippen LogP contribution in [0.1, 0.15) is 77.6 Å². The van der Waals surface area contributed by atoms with Crippen molar-refractivity contribution >= 4 is 29.3 Å². The van der Waals surface area contributed by atoms with E-state index in [-0.39, 0.29) is 54.7 Å². The zero-order valence-electron chi connectivity index (χ0n) is 25.7. The van der Waals surface area contributed by atoms with Gasteiger partial charge >= 0.3 is 0 Å². The molecule has 2 aromatic carbocycles. The van der Waals surface area contributed by atoms with Crippen LogP contribution in [0.4, 0.5) is 10.1 Å². The Labute approximate surface area is 257 Å². The number of ether oxygens (including phenoxy) is 1. The van der Waals surface area contributed by atoms with E-state index < -0.39 is 17.8 Å². The van der Waals surface area contributed by atoms with Gasteiger partial charge in [-0.2, -0.15) is 5.32 Å². The molecule has 44 heavy (non-hydrogen) atoms. The van der Waals surface area contributed by atoms with Gasteiger partial charge in [-0.25, -0.2) is 4.39 Å². The standard InChI is InChI=1S/C33H42FN5O5/c1-21(40)36-26-16-24(15-25(34)18-26)31(41)38-13-14-39(29(20-38)33(43)37(2)3)32(42)23-9-10-30(44-27-11-12-35-19-27)28(17-23)22-7-5-4-6-8-22/h9-10,15-18,22,27,29,35H,4-8,11-14,19-20H2,1-3H3,(H,36,40)/q+1/t27-,29?/m0/s1. The Balaban J connectivity index is 1.39.